The number of benzene rings is 1. The van der Waals surface area contributed by atoms with E-state index in [1.807, 2.05) is 36.1 Å². The average Bonchev–Trinajstić information content (AvgIpc) is 3.13. The summed E-state index contributed by atoms with van der Waals surface area (Å²) in [6.45, 7) is 5.60. The Kier molecular flexibility index (Phi) is 6.92. The highest BCUT2D eigenvalue weighted by Crippen LogP contribution is 2.29. The second-order valence-corrected chi connectivity index (χ2v) is 6.54. The van der Waals surface area contributed by atoms with Crippen LogP contribution in [0.1, 0.15) is 26.7 Å². The number of carbonyl (C=O) groups excluding carboxylic acids is 1. The number of hydrogen-bond acceptors (Lipinski definition) is 3. The Hall–Kier alpha value is -1.51. The number of ether oxygens (including phenoxy) is 1. The van der Waals surface area contributed by atoms with E-state index in [2.05, 4.69) is 22.5 Å². The van der Waals surface area contributed by atoms with Gasteiger partial charge in [0.15, 0.2) is 5.96 Å². The fourth-order valence-corrected chi connectivity index (χ4v) is 3.02. The van der Waals surface area contributed by atoms with E-state index in [0.29, 0.717) is 24.9 Å². The van der Waals surface area contributed by atoms with Crippen LogP contribution in [-0.2, 0) is 4.79 Å². The molecule has 2 fully saturated rings. The number of nitrogens with one attached hydrogen (secondary N) is 2. The van der Waals surface area contributed by atoms with Crippen molar-refractivity contribution in [1.29, 1.82) is 0 Å². The van der Waals surface area contributed by atoms with Crippen molar-refractivity contribution in [1.82, 2.24) is 10.6 Å². The lowest BCUT2D eigenvalue weighted by Gasteiger charge is -2.19. The van der Waals surface area contributed by atoms with E-state index in [9.17, 15) is 4.79 Å². The van der Waals surface area contributed by atoms with Crippen LogP contribution in [0.25, 0.3) is 0 Å². The van der Waals surface area contributed by atoms with E-state index in [1.54, 1.807) is 7.11 Å². The Bertz CT molecular complexity index is 637. The summed E-state index contributed by atoms with van der Waals surface area (Å²) in [6.07, 6.45) is 1.66. The first kappa shape index (κ1) is 19.8. The molecule has 1 amide bonds. The minimum Gasteiger partial charge on any atom is -0.497 e. The van der Waals surface area contributed by atoms with Gasteiger partial charge in [-0.05, 0) is 31.4 Å². The number of carbonyl (C=O) groups is 1. The lowest BCUT2D eigenvalue weighted by molar-refractivity contribution is -0.117. The molecule has 0 radical (unpaired) electrons. The molecule has 1 aliphatic carbocycles. The van der Waals surface area contributed by atoms with Gasteiger partial charge in [-0.3, -0.25) is 9.79 Å². The van der Waals surface area contributed by atoms with Gasteiger partial charge in [0, 0.05) is 37.3 Å². The van der Waals surface area contributed by atoms with Gasteiger partial charge in [0.05, 0.1) is 13.2 Å². The Morgan fingerprint density at radius 2 is 2.16 bits per heavy atom. The first-order valence-electron chi connectivity index (χ1n) is 8.62. The van der Waals surface area contributed by atoms with Gasteiger partial charge in [0.1, 0.15) is 5.75 Å². The summed E-state index contributed by atoms with van der Waals surface area (Å²) in [4.78, 5) is 18.7. The molecule has 0 bridgehead atoms. The molecule has 3 rings (SSSR count). The number of methoxy groups -OCH3 is 1. The van der Waals surface area contributed by atoms with Crippen molar-refractivity contribution < 1.29 is 9.53 Å². The number of halogens is 1. The minimum absolute atomic E-state index is 0. The van der Waals surface area contributed by atoms with Crippen LogP contribution in [0, 0.1) is 5.92 Å². The zero-order valence-electron chi connectivity index (χ0n) is 15.0. The molecule has 0 spiro atoms. The molecule has 3 atom stereocenters. The summed E-state index contributed by atoms with van der Waals surface area (Å²) in [7, 11) is 1.63. The molecule has 7 heteroatoms. The van der Waals surface area contributed by atoms with Gasteiger partial charge < -0.3 is 20.3 Å². The number of nitrogens with zero attached hydrogens (tertiary/aromatic N) is 2. The molecule has 25 heavy (non-hydrogen) atoms. The highest BCUT2D eigenvalue weighted by atomic mass is 127. The van der Waals surface area contributed by atoms with Gasteiger partial charge in [0.25, 0.3) is 0 Å². The zero-order valence-corrected chi connectivity index (χ0v) is 17.3. The molecule has 2 N–H and O–H groups in total. The number of amides is 1. The van der Waals surface area contributed by atoms with Crippen LogP contribution in [0.3, 0.4) is 0 Å². The molecule has 2 aliphatic rings. The maximum Gasteiger partial charge on any atom is 0.229 e. The average molecular weight is 458 g/mol. The summed E-state index contributed by atoms with van der Waals surface area (Å²) in [5.74, 6) is 2.40. The number of guanidine groups is 1. The quantitative estimate of drug-likeness (QED) is 0.404. The molecule has 1 saturated heterocycles. The van der Waals surface area contributed by atoms with E-state index in [1.165, 1.54) is 6.42 Å². The smallest absolute Gasteiger partial charge is 0.229 e. The van der Waals surface area contributed by atoms with Crippen LogP contribution in [0.4, 0.5) is 5.69 Å². The molecule has 138 valence electrons. The van der Waals surface area contributed by atoms with Crippen molar-refractivity contribution in [2.75, 3.05) is 25.1 Å². The van der Waals surface area contributed by atoms with E-state index in [4.69, 9.17) is 4.74 Å². The van der Waals surface area contributed by atoms with Gasteiger partial charge >= 0.3 is 0 Å². The van der Waals surface area contributed by atoms with Gasteiger partial charge in [-0.2, -0.15) is 0 Å². The van der Waals surface area contributed by atoms with Gasteiger partial charge in [-0.25, -0.2) is 0 Å². The molecule has 1 aromatic carbocycles. The topological polar surface area (TPSA) is 66.0 Å². The van der Waals surface area contributed by atoms with Crippen LogP contribution < -0.4 is 20.3 Å². The third-order valence-electron chi connectivity index (χ3n) is 4.58. The molecular formula is C18H27IN4O2. The maximum absolute atomic E-state index is 12.4. The van der Waals surface area contributed by atoms with Crippen molar-refractivity contribution in [2.24, 2.45) is 10.9 Å². The van der Waals surface area contributed by atoms with Gasteiger partial charge in [-0.1, -0.05) is 13.0 Å². The lowest BCUT2D eigenvalue weighted by atomic mass is 10.2. The summed E-state index contributed by atoms with van der Waals surface area (Å²) in [5, 5.41) is 6.86. The Morgan fingerprint density at radius 1 is 1.40 bits per heavy atom. The zero-order chi connectivity index (χ0) is 17.1. The van der Waals surface area contributed by atoms with E-state index in [0.717, 1.165) is 23.9 Å². The molecular weight excluding hydrogens is 431 g/mol. The fourth-order valence-electron chi connectivity index (χ4n) is 3.02. The fraction of sp³-hybridized carbons (Fsp3) is 0.556. The highest BCUT2D eigenvalue weighted by Gasteiger charge is 2.35. The molecule has 6 nitrogen and oxygen atoms in total. The first-order valence-corrected chi connectivity index (χ1v) is 8.62. The molecule has 1 saturated carbocycles. The van der Waals surface area contributed by atoms with E-state index in [-0.39, 0.29) is 35.9 Å². The van der Waals surface area contributed by atoms with Gasteiger partial charge in [-0.15, -0.1) is 24.0 Å². The Morgan fingerprint density at radius 3 is 2.80 bits per heavy atom. The maximum atomic E-state index is 12.4. The summed E-state index contributed by atoms with van der Waals surface area (Å²) < 4.78 is 5.25. The monoisotopic (exact) mass is 458 g/mol. The minimum atomic E-state index is 0. The third-order valence-corrected chi connectivity index (χ3v) is 4.58. The second-order valence-electron chi connectivity index (χ2n) is 6.54. The van der Waals surface area contributed by atoms with Crippen LogP contribution in [0.15, 0.2) is 29.3 Å². The largest absolute Gasteiger partial charge is 0.497 e. The van der Waals surface area contributed by atoms with Crippen LogP contribution >= 0.6 is 24.0 Å². The molecule has 1 aliphatic heterocycles. The molecule has 1 heterocycles. The SMILES string of the molecule is CCN=C(NC1CC(=O)N(c2cccc(OC)c2)C1)NC1CC1C.I. The van der Waals surface area contributed by atoms with Crippen molar-refractivity contribution >= 4 is 41.5 Å². The van der Waals surface area contributed by atoms with Crippen LogP contribution in [0.2, 0.25) is 0 Å². The number of anilines is 1. The highest BCUT2D eigenvalue weighted by molar-refractivity contribution is 14.0. The lowest BCUT2D eigenvalue weighted by Crippen LogP contribution is -2.45. The third kappa shape index (κ3) is 4.99. The summed E-state index contributed by atoms with van der Waals surface area (Å²) in [6, 6.07) is 8.19. The van der Waals surface area contributed by atoms with Crippen LogP contribution in [-0.4, -0.2) is 44.1 Å². The Balaban J connectivity index is 0.00000225. The predicted molar refractivity (Wildman–Crippen MR) is 111 cm³/mol. The molecule has 3 unspecified atom stereocenters. The van der Waals surface area contributed by atoms with Crippen LogP contribution in [0.5, 0.6) is 5.75 Å². The second kappa shape index (κ2) is 8.73. The standard InChI is InChI=1S/C18H26N4O2.HI/c1-4-19-18(21-16-8-12(16)2)20-13-9-17(23)22(11-13)14-6-5-7-15(10-14)24-3;/h5-7,10,12-13,16H,4,8-9,11H2,1-3H3,(H2,19,20,21);1H. The van der Waals surface area contributed by atoms with E-state index < -0.39 is 0 Å². The summed E-state index contributed by atoms with van der Waals surface area (Å²) in [5.41, 5.74) is 0.876. The molecule has 1 aromatic rings. The summed E-state index contributed by atoms with van der Waals surface area (Å²) >= 11 is 0. The van der Waals surface area contributed by atoms with Gasteiger partial charge in [0.2, 0.25) is 5.91 Å². The van der Waals surface area contributed by atoms with Crippen molar-refractivity contribution in [3.63, 3.8) is 0 Å². The van der Waals surface area contributed by atoms with E-state index >= 15 is 0 Å². The molecule has 0 aromatic heterocycles. The number of aliphatic imine (C=N–C) groups is 1. The number of hydrogen-bond donors (Lipinski definition) is 2. The van der Waals surface area contributed by atoms with Crippen molar-refractivity contribution in [3.05, 3.63) is 24.3 Å². The number of rotatable bonds is 5. The Labute approximate surface area is 166 Å². The van der Waals surface area contributed by atoms with Crippen molar-refractivity contribution in [2.45, 2.75) is 38.8 Å². The normalized spacial score (nSPS) is 25.4. The van der Waals surface area contributed by atoms with Crippen molar-refractivity contribution in [3.8, 4) is 5.75 Å². The predicted octanol–water partition coefficient (Wildman–Crippen LogP) is 2.38. The first-order chi connectivity index (χ1) is 11.6.